The number of benzene rings is 1. The van der Waals surface area contributed by atoms with E-state index in [1.54, 1.807) is 39.7 Å². The van der Waals surface area contributed by atoms with Crippen LogP contribution < -0.4 is 0 Å². The fourth-order valence-corrected chi connectivity index (χ4v) is 5.57. The smallest absolute Gasteiger partial charge is 0.340 e. The highest BCUT2D eigenvalue weighted by Crippen LogP contribution is 2.22. The summed E-state index contributed by atoms with van der Waals surface area (Å²) >= 11 is 5.87. The molecule has 1 aromatic carbocycles. The Balaban J connectivity index is 1.25. The van der Waals surface area contributed by atoms with Crippen LogP contribution in [0.5, 0.6) is 0 Å². The maximum absolute atomic E-state index is 12.6. The van der Waals surface area contributed by atoms with Crippen molar-refractivity contribution in [2.45, 2.75) is 31.2 Å². The molecule has 0 spiro atoms. The topological polar surface area (TPSA) is 95.8 Å². The van der Waals surface area contributed by atoms with Crippen molar-refractivity contribution in [3.8, 4) is 0 Å². The second-order valence-corrected chi connectivity index (χ2v) is 10.2. The molecule has 0 radical (unpaired) electrons. The van der Waals surface area contributed by atoms with Crippen LogP contribution in [0, 0.1) is 6.92 Å². The molecule has 0 unspecified atom stereocenters. The van der Waals surface area contributed by atoms with Gasteiger partial charge in [-0.1, -0.05) is 17.7 Å². The number of piperazine rings is 1. The van der Waals surface area contributed by atoms with E-state index < -0.39 is 9.84 Å². The SMILES string of the molecule is Cc1ncc2n1C(=O)N(N1CCN(C(=O)CCCS(=O)(=O)c3cccc(Cl)c3)CC1)C2. The monoisotopic (exact) mass is 465 g/mol. The normalized spacial score (nSPS) is 17.3. The van der Waals surface area contributed by atoms with Gasteiger partial charge in [0, 0.05) is 37.6 Å². The van der Waals surface area contributed by atoms with E-state index in [0.717, 1.165) is 5.69 Å². The minimum atomic E-state index is -3.47. The van der Waals surface area contributed by atoms with Crippen molar-refractivity contribution < 1.29 is 18.0 Å². The van der Waals surface area contributed by atoms with Crippen molar-refractivity contribution in [2.24, 2.45) is 0 Å². The maximum atomic E-state index is 12.6. The first-order valence-corrected chi connectivity index (χ1v) is 12.2. The van der Waals surface area contributed by atoms with E-state index >= 15 is 0 Å². The lowest BCUT2D eigenvalue weighted by Crippen LogP contribution is -2.55. The highest BCUT2D eigenvalue weighted by molar-refractivity contribution is 7.91. The van der Waals surface area contributed by atoms with Crippen LogP contribution in [0.3, 0.4) is 0 Å². The lowest BCUT2D eigenvalue weighted by molar-refractivity contribution is -0.135. The summed E-state index contributed by atoms with van der Waals surface area (Å²) in [5.74, 6) is 0.497. The molecular formula is C20H24ClN5O4S. The quantitative estimate of drug-likeness (QED) is 0.647. The number of nitrogens with zero attached hydrogens (tertiary/aromatic N) is 5. The first kappa shape index (κ1) is 21.8. The second-order valence-electron chi connectivity index (χ2n) is 7.69. The molecule has 2 aliphatic heterocycles. The Kier molecular flexibility index (Phi) is 6.05. The van der Waals surface area contributed by atoms with Gasteiger partial charge in [-0.3, -0.25) is 9.80 Å². The van der Waals surface area contributed by atoms with E-state index in [2.05, 4.69) is 4.98 Å². The van der Waals surface area contributed by atoms with E-state index in [0.29, 0.717) is 43.6 Å². The highest BCUT2D eigenvalue weighted by atomic mass is 35.5. The summed E-state index contributed by atoms with van der Waals surface area (Å²) in [6, 6.07) is 6.03. The summed E-state index contributed by atoms with van der Waals surface area (Å²) in [6.45, 7) is 4.37. The Bertz CT molecular complexity index is 1110. The third-order valence-corrected chi connectivity index (χ3v) is 7.68. The van der Waals surface area contributed by atoms with E-state index in [4.69, 9.17) is 11.6 Å². The molecule has 2 aliphatic rings. The average Bonchev–Trinajstić information content (AvgIpc) is 3.27. The molecule has 11 heteroatoms. The van der Waals surface area contributed by atoms with E-state index in [1.165, 1.54) is 12.1 Å². The number of imidazole rings is 1. The number of carbonyl (C=O) groups excluding carboxylic acids is 2. The van der Waals surface area contributed by atoms with E-state index in [1.807, 2.05) is 5.01 Å². The van der Waals surface area contributed by atoms with Gasteiger partial charge in [0.1, 0.15) is 5.82 Å². The van der Waals surface area contributed by atoms with Crippen LogP contribution in [-0.4, -0.2) is 76.8 Å². The minimum absolute atomic E-state index is 0.0694. The molecule has 0 aliphatic carbocycles. The molecule has 0 atom stereocenters. The molecule has 3 heterocycles. The van der Waals surface area contributed by atoms with Crippen LogP contribution in [0.15, 0.2) is 35.4 Å². The predicted octanol–water partition coefficient (Wildman–Crippen LogP) is 1.94. The first-order valence-electron chi connectivity index (χ1n) is 10.1. The third kappa shape index (κ3) is 4.46. The number of sulfone groups is 1. The van der Waals surface area contributed by atoms with Crippen LogP contribution >= 0.6 is 11.6 Å². The van der Waals surface area contributed by atoms with Crippen molar-refractivity contribution in [1.82, 2.24) is 24.5 Å². The zero-order valence-electron chi connectivity index (χ0n) is 17.2. The molecule has 31 heavy (non-hydrogen) atoms. The fourth-order valence-electron chi connectivity index (χ4n) is 3.96. The maximum Gasteiger partial charge on any atom is 0.344 e. The number of aryl methyl sites for hydroxylation is 1. The Hall–Kier alpha value is -2.43. The van der Waals surface area contributed by atoms with Crippen LogP contribution in [0.25, 0.3) is 0 Å². The third-order valence-electron chi connectivity index (χ3n) is 5.64. The number of hydrogen-bond acceptors (Lipinski definition) is 6. The van der Waals surface area contributed by atoms with Crippen LogP contribution in [0.4, 0.5) is 4.79 Å². The van der Waals surface area contributed by atoms with Crippen LogP contribution in [0.2, 0.25) is 5.02 Å². The predicted molar refractivity (Wildman–Crippen MR) is 114 cm³/mol. The number of fused-ring (bicyclic) bond motifs is 1. The summed E-state index contributed by atoms with van der Waals surface area (Å²) in [5.41, 5.74) is 0.863. The fraction of sp³-hybridized carbons (Fsp3) is 0.450. The Morgan fingerprint density at radius 3 is 2.61 bits per heavy atom. The summed E-state index contributed by atoms with van der Waals surface area (Å²) in [4.78, 5) is 31.2. The lowest BCUT2D eigenvalue weighted by atomic mass is 10.2. The van der Waals surface area contributed by atoms with Crippen molar-refractivity contribution >= 4 is 33.4 Å². The number of hydrazine groups is 1. The van der Waals surface area contributed by atoms with Gasteiger partial charge >= 0.3 is 6.03 Å². The first-order chi connectivity index (χ1) is 14.8. The van der Waals surface area contributed by atoms with Crippen LogP contribution in [0.1, 0.15) is 24.4 Å². The van der Waals surface area contributed by atoms with Gasteiger partial charge in [0.25, 0.3) is 0 Å². The molecule has 0 saturated carbocycles. The van der Waals surface area contributed by atoms with Gasteiger partial charge in [0.2, 0.25) is 5.91 Å². The average molecular weight is 466 g/mol. The lowest BCUT2D eigenvalue weighted by Gasteiger charge is -2.38. The van der Waals surface area contributed by atoms with Gasteiger partial charge in [-0.2, -0.15) is 0 Å². The number of carbonyl (C=O) groups is 2. The van der Waals surface area contributed by atoms with Crippen LogP contribution in [-0.2, 0) is 21.2 Å². The number of aromatic nitrogens is 2. The number of halogens is 1. The zero-order valence-corrected chi connectivity index (χ0v) is 18.8. The van der Waals surface area contributed by atoms with E-state index in [9.17, 15) is 18.0 Å². The molecule has 1 aromatic heterocycles. The molecule has 9 nitrogen and oxygen atoms in total. The molecule has 0 N–H and O–H groups in total. The Morgan fingerprint density at radius 2 is 1.94 bits per heavy atom. The molecular weight excluding hydrogens is 442 g/mol. The summed E-state index contributed by atoms with van der Waals surface area (Å²) in [6.07, 6.45) is 2.13. The second kappa shape index (κ2) is 8.60. The zero-order chi connectivity index (χ0) is 22.2. The largest absolute Gasteiger partial charge is 0.344 e. The molecule has 0 bridgehead atoms. The minimum Gasteiger partial charge on any atom is -0.340 e. The van der Waals surface area contributed by atoms with Gasteiger partial charge in [-0.25, -0.2) is 27.8 Å². The molecule has 166 valence electrons. The number of hydrogen-bond donors (Lipinski definition) is 0. The molecule has 1 saturated heterocycles. The van der Waals surface area contributed by atoms with Gasteiger partial charge in [0.05, 0.1) is 29.1 Å². The Morgan fingerprint density at radius 1 is 1.19 bits per heavy atom. The Labute approximate surface area is 186 Å². The molecule has 1 fully saturated rings. The van der Waals surface area contributed by atoms with Gasteiger partial charge in [-0.05, 0) is 31.5 Å². The van der Waals surface area contributed by atoms with Crippen molar-refractivity contribution in [2.75, 3.05) is 31.9 Å². The summed E-state index contributed by atoms with van der Waals surface area (Å²) < 4.78 is 26.5. The van der Waals surface area contributed by atoms with Gasteiger partial charge < -0.3 is 4.90 Å². The van der Waals surface area contributed by atoms with Crippen molar-refractivity contribution in [3.63, 3.8) is 0 Å². The highest BCUT2D eigenvalue weighted by Gasteiger charge is 2.35. The molecule has 4 rings (SSSR count). The molecule has 2 amide bonds. The van der Waals surface area contributed by atoms with Gasteiger partial charge in [-0.15, -0.1) is 0 Å². The summed E-state index contributed by atoms with van der Waals surface area (Å²) in [7, 11) is -3.47. The van der Waals surface area contributed by atoms with E-state index in [-0.39, 0.29) is 35.4 Å². The number of amides is 2. The summed E-state index contributed by atoms with van der Waals surface area (Å²) in [5, 5.41) is 4.02. The molecule has 2 aromatic rings. The van der Waals surface area contributed by atoms with Gasteiger partial charge in [0.15, 0.2) is 9.84 Å². The van der Waals surface area contributed by atoms with Crippen molar-refractivity contribution in [3.05, 3.63) is 47.0 Å². The van der Waals surface area contributed by atoms with Crippen molar-refractivity contribution in [1.29, 1.82) is 0 Å². The number of rotatable bonds is 6. The standard InChI is InChI=1S/C20H24ClN5O4S/c1-15-22-13-17-14-25(20(28)26(15)17)24-9-7-23(8-10-24)19(27)6-3-11-31(29,30)18-5-2-4-16(21)12-18/h2,4-5,12-13H,3,6-11,14H2,1H3.